The lowest BCUT2D eigenvalue weighted by atomic mass is 10.2. The van der Waals surface area contributed by atoms with Gasteiger partial charge in [0.2, 0.25) is 11.5 Å². The van der Waals surface area contributed by atoms with Crippen LogP contribution in [0.1, 0.15) is 0 Å². The zero-order valence-electron chi connectivity index (χ0n) is 26.8. The van der Waals surface area contributed by atoms with Gasteiger partial charge in [-0.25, -0.2) is 17.6 Å². The molecule has 0 spiro atoms. The van der Waals surface area contributed by atoms with Crippen molar-refractivity contribution in [3.63, 3.8) is 0 Å². The molecule has 6 N–H and O–H groups in total. The summed E-state index contributed by atoms with van der Waals surface area (Å²) in [7, 11) is 0. The molecule has 0 aliphatic heterocycles. The molecule has 0 aliphatic rings. The molecular formula is C31H24F4N11O3S4-. The molecule has 0 saturated heterocycles. The van der Waals surface area contributed by atoms with E-state index in [1.807, 2.05) is 18.2 Å². The third-order valence-electron chi connectivity index (χ3n) is 6.16. The second-order valence-corrected chi connectivity index (χ2v) is 11.4. The maximum absolute atomic E-state index is 12.9. The van der Waals surface area contributed by atoms with Crippen molar-refractivity contribution in [1.29, 1.82) is 0 Å². The molecule has 8 rings (SSSR count). The molecule has 53 heavy (non-hydrogen) atoms. The molecule has 3 heterocycles. The molecule has 22 heteroatoms. The number of rotatable bonds is 2. The summed E-state index contributed by atoms with van der Waals surface area (Å²) in [4.78, 5) is 9.84. The monoisotopic (exact) mass is 802 g/mol. The summed E-state index contributed by atoms with van der Waals surface area (Å²) in [6.07, 6.45) is 0. The molecule has 0 unspecified atom stereocenters. The van der Waals surface area contributed by atoms with Gasteiger partial charge in [0, 0.05) is 6.07 Å². The third kappa shape index (κ3) is 11.2. The molecule has 0 radical (unpaired) electrons. The van der Waals surface area contributed by atoms with Gasteiger partial charge in [-0.2, -0.15) is 34.8 Å². The lowest BCUT2D eigenvalue weighted by Gasteiger charge is -1.97. The number of aromatic nitrogens is 6. The van der Waals surface area contributed by atoms with Gasteiger partial charge in [-0.3, -0.25) is 10.1 Å². The predicted molar refractivity (Wildman–Crippen MR) is 201 cm³/mol. The first-order valence-electron chi connectivity index (χ1n) is 13.9. The Labute approximate surface area is 313 Å². The van der Waals surface area contributed by atoms with Gasteiger partial charge in [0.25, 0.3) is 5.69 Å². The van der Waals surface area contributed by atoms with E-state index in [-0.39, 0.29) is 64.1 Å². The molecule has 0 fully saturated rings. The van der Waals surface area contributed by atoms with Crippen molar-refractivity contribution in [2.24, 2.45) is 4.36 Å². The minimum absolute atomic E-state index is 0. The minimum atomic E-state index is -0.608. The first-order chi connectivity index (χ1) is 25.0. The van der Waals surface area contributed by atoms with Crippen molar-refractivity contribution in [1.82, 2.24) is 26.2 Å². The Morgan fingerprint density at radius 3 is 1.70 bits per heavy atom. The number of fused-ring (bicyclic) bond motifs is 3. The molecule has 3 aromatic heterocycles. The SMILES string of the molecule is Fc1cccc2nsnc12.Nc1ccc(F)c2nsnc12.Nc1cccc(F)c1N.O=S=Nc1ccccc1.O=[N+]([O-])c1ccc(F)c2nsnc12.[CH3-]. The van der Waals surface area contributed by atoms with Gasteiger partial charge in [0.1, 0.15) is 33.4 Å². The number of nitrogens with zero attached hydrogens (tertiary/aromatic N) is 8. The highest BCUT2D eigenvalue weighted by atomic mass is 32.1. The largest absolute Gasteiger partial charge is 0.397 e. The van der Waals surface area contributed by atoms with E-state index in [0.29, 0.717) is 22.2 Å². The van der Waals surface area contributed by atoms with Crippen LogP contribution in [0.25, 0.3) is 33.1 Å². The summed E-state index contributed by atoms with van der Waals surface area (Å²) in [5.74, 6) is -1.72. The van der Waals surface area contributed by atoms with E-state index in [1.54, 1.807) is 30.3 Å². The van der Waals surface area contributed by atoms with Crippen molar-refractivity contribution in [3.05, 3.63) is 132 Å². The lowest BCUT2D eigenvalue weighted by Crippen LogP contribution is -1.96. The van der Waals surface area contributed by atoms with E-state index in [0.717, 1.165) is 53.0 Å². The summed E-state index contributed by atoms with van der Waals surface area (Å²) in [5.41, 5.74) is 18.9. The number of hydrogen-bond acceptors (Lipinski definition) is 16. The van der Waals surface area contributed by atoms with Crippen molar-refractivity contribution in [2.45, 2.75) is 0 Å². The van der Waals surface area contributed by atoms with Gasteiger partial charge in [-0.05, 0) is 54.6 Å². The van der Waals surface area contributed by atoms with Crippen molar-refractivity contribution in [3.8, 4) is 0 Å². The molecule has 0 aliphatic carbocycles. The topological polar surface area (TPSA) is 228 Å². The smallest absolute Gasteiger partial charge is 0.298 e. The molecule has 0 saturated carbocycles. The van der Waals surface area contributed by atoms with Crippen molar-refractivity contribution < 1.29 is 26.7 Å². The number of halogens is 4. The Hall–Kier alpha value is -6.10. The van der Waals surface area contributed by atoms with Gasteiger partial charge in [0.15, 0.2) is 23.0 Å². The molecule has 0 bridgehead atoms. The second kappa shape index (κ2) is 20.1. The Morgan fingerprint density at radius 1 is 0.585 bits per heavy atom. The summed E-state index contributed by atoms with van der Waals surface area (Å²) in [6.45, 7) is 0. The predicted octanol–water partition coefficient (Wildman–Crippen LogP) is 8.14. The highest BCUT2D eigenvalue weighted by Crippen LogP contribution is 2.25. The Morgan fingerprint density at radius 2 is 1.11 bits per heavy atom. The van der Waals surface area contributed by atoms with Crippen LogP contribution in [0.5, 0.6) is 0 Å². The number of nitrogen functional groups attached to an aromatic ring is 3. The van der Waals surface area contributed by atoms with Gasteiger partial charge >= 0.3 is 0 Å². The van der Waals surface area contributed by atoms with Crippen LogP contribution < -0.4 is 17.2 Å². The van der Waals surface area contributed by atoms with Crippen LogP contribution in [0.3, 0.4) is 0 Å². The van der Waals surface area contributed by atoms with Gasteiger partial charge in [-0.15, -0.1) is 0 Å². The molecular weight excluding hydrogens is 779 g/mol. The first-order valence-corrected chi connectivity index (χ1v) is 16.8. The minimum Gasteiger partial charge on any atom is -0.397 e. The fourth-order valence-corrected chi connectivity index (χ4v) is 5.56. The first kappa shape index (κ1) is 41.3. The molecule has 5 aromatic carbocycles. The van der Waals surface area contributed by atoms with Crippen LogP contribution in [-0.2, 0) is 11.5 Å². The van der Waals surface area contributed by atoms with Crippen LogP contribution in [0, 0.1) is 40.8 Å². The van der Waals surface area contributed by atoms with Crippen LogP contribution >= 0.6 is 35.2 Å². The zero-order valence-corrected chi connectivity index (χ0v) is 30.1. The van der Waals surface area contributed by atoms with Crippen LogP contribution in [-0.4, -0.2) is 35.4 Å². The van der Waals surface area contributed by atoms with E-state index in [9.17, 15) is 31.9 Å². The van der Waals surface area contributed by atoms with Gasteiger partial charge in [-0.1, -0.05) is 30.3 Å². The summed E-state index contributed by atoms with van der Waals surface area (Å²) in [6, 6.07) is 23.1. The van der Waals surface area contributed by atoms with Crippen molar-refractivity contribution >= 4 is 108 Å². The number of anilines is 3. The Balaban J connectivity index is 0.000000179. The summed E-state index contributed by atoms with van der Waals surface area (Å²) >= 11 is 2.97. The average Bonchev–Trinajstić information content (AvgIpc) is 3.94. The van der Waals surface area contributed by atoms with Crippen LogP contribution in [0.4, 0.5) is 46.0 Å². The number of benzene rings is 5. The van der Waals surface area contributed by atoms with Gasteiger partial charge in [0.05, 0.1) is 62.9 Å². The molecule has 0 atom stereocenters. The van der Waals surface area contributed by atoms with E-state index >= 15 is 0 Å². The van der Waals surface area contributed by atoms with E-state index in [2.05, 4.69) is 30.6 Å². The average molecular weight is 803 g/mol. The maximum atomic E-state index is 12.9. The standard InChI is InChI=1S/C6H2FN3O2S.C6H4FN3S.C6H3FN2S.C6H7FN2.C6H5NOS.CH3/c7-3-1-2-4(10(11)12)6-5(3)8-13-9-6;7-3-1-2-4(8)6-5(3)9-11-10-6;7-4-2-1-3-5-6(4)9-10-8-5;7-4-2-1-3-5(8)6(4)9;8-9-7-6-4-2-1-3-5-6;/h1-2H;1-2H,8H2;1-3H;1-3H,8-9H2;1-5H;1H3/q;;;;;-1. The highest BCUT2D eigenvalue weighted by molar-refractivity contribution is 7.54. The number of nitro groups is 1. The number of hydrogen-bond donors (Lipinski definition) is 3. The fraction of sp³-hybridized carbons (Fsp3) is 0. The molecule has 8 aromatic rings. The normalized spacial score (nSPS) is 9.81. The van der Waals surface area contributed by atoms with E-state index in [1.165, 1.54) is 30.3 Å². The summed E-state index contributed by atoms with van der Waals surface area (Å²) < 4.78 is 86.8. The van der Waals surface area contributed by atoms with E-state index in [4.69, 9.17) is 17.2 Å². The fourth-order valence-electron chi connectivity index (χ4n) is 3.68. The number of para-hydroxylation sites is 1. The number of non-ortho nitro benzene ring substituents is 1. The number of nitrogens with two attached hydrogens (primary N) is 3. The van der Waals surface area contributed by atoms with E-state index < -0.39 is 16.6 Å². The zero-order chi connectivity index (χ0) is 37.6. The lowest BCUT2D eigenvalue weighted by molar-refractivity contribution is -0.383. The number of nitro benzene ring substituents is 1. The molecule has 0 amide bonds. The van der Waals surface area contributed by atoms with Crippen LogP contribution in [0.2, 0.25) is 0 Å². The second-order valence-electron chi connectivity index (χ2n) is 9.50. The maximum Gasteiger partial charge on any atom is 0.298 e. The quantitative estimate of drug-likeness (QED) is 0.0495. The van der Waals surface area contributed by atoms with Crippen LogP contribution in [0.15, 0.2) is 95.4 Å². The molecule has 274 valence electrons. The summed E-state index contributed by atoms with van der Waals surface area (Å²) in [5, 5.41) is 10.4. The third-order valence-corrected chi connectivity index (χ3v) is 8.05. The molecule has 14 nitrogen and oxygen atoms in total. The Kier molecular flexibility index (Phi) is 15.6. The van der Waals surface area contributed by atoms with Crippen molar-refractivity contribution in [2.75, 3.05) is 17.2 Å². The Bertz CT molecular complexity index is 2420. The highest BCUT2D eigenvalue weighted by Gasteiger charge is 2.17. The van der Waals surface area contributed by atoms with Gasteiger partial charge < -0.3 is 24.6 Å².